The molecular weight excluding hydrogens is 291 g/mol. The highest BCUT2D eigenvalue weighted by Crippen LogP contribution is 2.26. The van der Waals surface area contributed by atoms with Crippen LogP contribution in [0.2, 0.25) is 5.02 Å². The van der Waals surface area contributed by atoms with Gasteiger partial charge in [-0.1, -0.05) is 23.7 Å². The minimum Gasteiger partial charge on any atom is -0.393 e. The first kappa shape index (κ1) is 14.8. The predicted octanol–water partition coefficient (Wildman–Crippen LogP) is 2.21. The van der Waals surface area contributed by atoms with Gasteiger partial charge < -0.3 is 5.11 Å². The van der Waals surface area contributed by atoms with Crippen LogP contribution in [0, 0.1) is 11.7 Å². The Balaban J connectivity index is 1.95. The van der Waals surface area contributed by atoms with E-state index in [1.807, 2.05) is 0 Å². The first-order valence-corrected chi connectivity index (χ1v) is 8.38. The maximum Gasteiger partial charge on any atom is 0.150 e. The third-order valence-electron chi connectivity index (χ3n) is 3.42. The fraction of sp³-hybridized carbons (Fsp3) is 0.538. The Morgan fingerprint density at radius 1 is 1.47 bits per heavy atom. The van der Waals surface area contributed by atoms with Crippen molar-refractivity contribution in [3.05, 3.63) is 34.6 Å². The summed E-state index contributed by atoms with van der Waals surface area (Å²) in [7, 11) is -2.93. The fourth-order valence-corrected chi connectivity index (χ4v) is 4.57. The molecule has 1 saturated heterocycles. The van der Waals surface area contributed by atoms with Crippen molar-refractivity contribution in [2.45, 2.75) is 25.4 Å². The summed E-state index contributed by atoms with van der Waals surface area (Å²) >= 11 is 5.82. The monoisotopic (exact) mass is 306 g/mol. The maximum atomic E-state index is 13.2. The van der Waals surface area contributed by atoms with Gasteiger partial charge in [0, 0.05) is 0 Å². The molecule has 1 N–H and O–H groups in total. The Morgan fingerprint density at radius 3 is 2.84 bits per heavy atom. The van der Waals surface area contributed by atoms with E-state index < -0.39 is 21.8 Å². The van der Waals surface area contributed by atoms with Gasteiger partial charge in [-0.05, 0) is 36.8 Å². The lowest BCUT2D eigenvalue weighted by atomic mass is 9.96. The van der Waals surface area contributed by atoms with E-state index in [2.05, 4.69) is 0 Å². The topological polar surface area (TPSA) is 54.4 Å². The first-order valence-electron chi connectivity index (χ1n) is 6.19. The molecule has 0 aliphatic carbocycles. The SMILES string of the molecule is O=S1(=O)CCC(CC(O)Cc2cccc(F)c2Cl)C1. The van der Waals surface area contributed by atoms with Crippen molar-refractivity contribution in [2.75, 3.05) is 11.5 Å². The van der Waals surface area contributed by atoms with E-state index >= 15 is 0 Å². The Kier molecular flexibility index (Phi) is 4.48. The molecule has 6 heteroatoms. The van der Waals surface area contributed by atoms with Crippen molar-refractivity contribution in [3.63, 3.8) is 0 Å². The lowest BCUT2D eigenvalue weighted by Gasteiger charge is -2.15. The van der Waals surface area contributed by atoms with Gasteiger partial charge in [0.05, 0.1) is 22.6 Å². The van der Waals surface area contributed by atoms with E-state index in [0.29, 0.717) is 18.4 Å². The third kappa shape index (κ3) is 3.91. The molecule has 1 aromatic rings. The zero-order valence-electron chi connectivity index (χ0n) is 10.4. The van der Waals surface area contributed by atoms with Crippen LogP contribution in [-0.2, 0) is 16.3 Å². The van der Waals surface area contributed by atoms with Crippen molar-refractivity contribution in [1.82, 2.24) is 0 Å². The molecule has 1 heterocycles. The molecule has 2 rings (SSSR count). The highest BCUT2D eigenvalue weighted by atomic mass is 35.5. The molecule has 0 spiro atoms. The van der Waals surface area contributed by atoms with Crippen molar-refractivity contribution in [1.29, 1.82) is 0 Å². The predicted molar refractivity (Wildman–Crippen MR) is 72.5 cm³/mol. The van der Waals surface area contributed by atoms with Crippen LogP contribution in [0.25, 0.3) is 0 Å². The summed E-state index contributed by atoms with van der Waals surface area (Å²) in [5, 5.41) is 10.0. The smallest absolute Gasteiger partial charge is 0.150 e. The summed E-state index contributed by atoms with van der Waals surface area (Å²) in [6.07, 6.45) is 0.549. The van der Waals surface area contributed by atoms with E-state index in [1.165, 1.54) is 6.07 Å². The summed E-state index contributed by atoms with van der Waals surface area (Å²) in [6, 6.07) is 4.48. The summed E-state index contributed by atoms with van der Waals surface area (Å²) in [5.41, 5.74) is 0.551. The average Bonchev–Trinajstić information content (AvgIpc) is 2.64. The van der Waals surface area contributed by atoms with Gasteiger partial charge >= 0.3 is 0 Å². The Hall–Kier alpha value is -0.650. The first-order chi connectivity index (χ1) is 8.87. The summed E-state index contributed by atoms with van der Waals surface area (Å²) < 4.78 is 35.9. The van der Waals surface area contributed by atoms with Crippen LogP contribution < -0.4 is 0 Å². The molecule has 0 aromatic heterocycles. The standard InChI is InChI=1S/C13H16ClFO3S/c14-13-10(2-1-3-12(13)15)7-11(16)6-9-4-5-19(17,18)8-9/h1-3,9,11,16H,4-8H2. The van der Waals surface area contributed by atoms with E-state index in [0.717, 1.165) is 0 Å². The molecule has 1 fully saturated rings. The molecule has 0 radical (unpaired) electrons. The van der Waals surface area contributed by atoms with Crippen molar-refractivity contribution < 1.29 is 17.9 Å². The second-order valence-electron chi connectivity index (χ2n) is 5.08. The third-order valence-corrected chi connectivity index (χ3v) is 5.68. The second-order valence-corrected chi connectivity index (χ2v) is 7.68. The Labute approximate surface area is 117 Å². The number of halogens is 2. The molecule has 1 aromatic carbocycles. The lowest BCUT2D eigenvalue weighted by molar-refractivity contribution is 0.147. The van der Waals surface area contributed by atoms with Gasteiger partial charge in [0.2, 0.25) is 0 Å². The van der Waals surface area contributed by atoms with Gasteiger partial charge in [-0.25, -0.2) is 12.8 Å². The molecule has 2 unspecified atom stereocenters. The number of aliphatic hydroxyl groups excluding tert-OH is 1. The highest BCUT2D eigenvalue weighted by Gasteiger charge is 2.29. The Bertz CT molecular complexity index is 559. The molecule has 0 saturated carbocycles. The molecule has 0 bridgehead atoms. The van der Waals surface area contributed by atoms with Gasteiger partial charge in [0.1, 0.15) is 5.82 Å². The van der Waals surface area contributed by atoms with Gasteiger partial charge in [-0.15, -0.1) is 0 Å². The number of hydrogen-bond acceptors (Lipinski definition) is 3. The van der Waals surface area contributed by atoms with E-state index in [4.69, 9.17) is 11.6 Å². The van der Waals surface area contributed by atoms with Gasteiger partial charge in [-0.2, -0.15) is 0 Å². The second kappa shape index (κ2) is 5.77. The summed E-state index contributed by atoms with van der Waals surface area (Å²) in [5.74, 6) is -0.173. The van der Waals surface area contributed by atoms with Gasteiger partial charge in [-0.3, -0.25) is 0 Å². The molecule has 1 aliphatic heterocycles. The molecule has 106 valence electrons. The zero-order chi connectivity index (χ0) is 14.0. The van der Waals surface area contributed by atoms with Crippen molar-refractivity contribution in [3.8, 4) is 0 Å². The van der Waals surface area contributed by atoms with E-state index in [1.54, 1.807) is 12.1 Å². The lowest BCUT2D eigenvalue weighted by Crippen LogP contribution is -2.17. The zero-order valence-corrected chi connectivity index (χ0v) is 11.9. The van der Waals surface area contributed by atoms with E-state index in [-0.39, 0.29) is 28.9 Å². The fourth-order valence-electron chi connectivity index (χ4n) is 2.49. The van der Waals surface area contributed by atoms with E-state index in [9.17, 15) is 17.9 Å². The number of aliphatic hydroxyl groups is 1. The van der Waals surface area contributed by atoms with Gasteiger partial charge in [0.25, 0.3) is 0 Å². The van der Waals surface area contributed by atoms with Crippen LogP contribution in [0.4, 0.5) is 4.39 Å². The molecule has 1 aliphatic rings. The molecule has 19 heavy (non-hydrogen) atoms. The number of sulfone groups is 1. The largest absolute Gasteiger partial charge is 0.393 e. The van der Waals surface area contributed by atoms with Crippen molar-refractivity contribution in [2.24, 2.45) is 5.92 Å². The normalized spacial score (nSPS) is 23.4. The minimum absolute atomic E-state index is 0.00710. The molecular formula is C13H16ClFO3S. The van der Waals surface area contributed by atoms with Crippen LogP contribution in [0.5, 0.6) is 0 Å². The molecule has 0 amide bonds. The molecule has 3 nitrogen and oxygen atoms in total. The number of hydrogen-bond donors (Lipinski definition) is 1. The average molecular weight is 307 g/mol. The van der Waals surface area contributed by atoms with Crippen LogP contribution in [-0.4, -0.2) is 31.1 Å². The van der Waals surface area contributed by atoms with Crippen LogP contribution in [0.1, 0.15) is 18.4 Å². The van der Waals surface area contributed by atoms with Crippen molar-refractivity contribution >= 4 is 21.4 Å². The summed E-state index contributed by atoms with van der Waals surface area (Å²) in [6.45, 7) is 0. The summed E-state index contributed by atoms with van der Waals surface area (Å²) in [4.78, 5) is 0. The number of benzene rings is 1. The van der Waals surface area contributed by atoms with Crippen LogP contribution in [0.3, 0.4) is 0 Å². The quantitative estimate of drug-likeness (QED) is 0.928. The maximum absolute atomic E-state index is 13.2. The number of rotatable bonds is 4. The Morgan fingerprint density at radius 2 is 2.21 bits per heavy atom. The van der Waals surface area contributed by atoms with Crippen LogP contribution in [0.15, 0.2) is 18.2 Å². The van der Waals surface area contributed by atoms with Gasteiger partial charge in [0.15, 0.2) is 9.84 Å². The minimum atomic E-state index is -2.93. The van der Waals surface area contributed by atoms with Crippen LogP contribution >= 0.6 is 11.6 Å². The highest BCUT2D eigenvalue weighted by molar-refractivity contribution is 7.91. The molecule has 2 atom stereocenters.